The van der Waals surface area contributed by atoms with Crippen molar-refractivity contribution in [1.29, 1.82) is 0 Å². The number of carbonyl (C=O) groups is 1. The highest BCUT2D eigenvalue weighted by Crippen LogP contribution is 2.20. The molecule has 0 unspecified atom stereocenters. The predicted octanol–water partition coefficient (Wildman–Crippen LogP) is 4.45. The Kier molecular flexibility index (Phi) is 6.44. The zero-order valence-electron chi connectivity index (χ0n) is 13.8. The van der Waals surface area contributed by atoms with E-state index in [2.05, 4.69) is 26.0 Å². The summed E-state index contributed by atoms with van der Waals surface area (Å²) in [7, 11) is -3.70. The van der Waals surface area contributed by atoms with Crippen molar-refractivity contribution in [1.82, 2.24) is 0 Å². The van der Waals surface area contributed by atoms with Gasteiger partial charge in [-0.15, -0.1) is 0 Å². The highest BCUT2D eigenvalue weighted by atomic mass is 79.9. The van der Waals surface area contributed by atoms with Gasteiger partial charge in [0.05, 0.1) is 11.5 Å². The van der Waals surface area contributed by atoms with Gasteiger partial charge < -0.3 is 4.74 Å². The van der Waals surface area contributed by atoms with Crippen LogP contribution in [0.3, 0.4) is 0 Å². The summed E-state index contributed by atoms with van der Waals surface area (Å²) in [6, 6.07) is 12.6. The lowest BCUT2D eigenvalue weighted by Crippen LogP contribution is -2.17. The van der Waals surface area contributed by atoms with Crippen molar-refractivity contribution < 1.29 is 17.9 Å². The van der Waals surface area contributed by atoms with Crippen LogP contribution in [0.2, 0.25) is 0 Å². The number of hydrogen-bond acceptors (Lipinski definition) is 4. The molecule has 6 nitrogen and oxygen atoms in total. The van der Waals surface area contributed by atoms with Crippen LogP contribution >= 0.6 is 15.9 Å². The van der Waals surface area contributed by atoms with Crippen LogP contribution in [0.4, 0.5) is 16.2 Å². The fourth-order valence-electron chi connectivity index (χ4n) is 1.85. The monoisotopic (exact) mass is 426 g/mol. The Morgan fingerprint density at radius 1 is 1.04 bits per heavy atom. The average Bonchev–Trinajstić information content (AvgIpc) is 2.55. The Bertz CT molecular complexity index is 819. The Balaban J connectivity index is 2.02. The molecule has 0 bridgehead atoms. The van der Waals surface area contributed by atoms with E-state index < -0.39 is 16.1 Å². The van der Waals surface area contributed by atoms with E-state index in [1.807, 2.05) is 13.8 Å². The maximum absolute atomic E-state index is 12.4. The fourth-order valence-corrected chi connectivity index (χ4v) is 3.17. The number of halogens is 1. The molecule has 0 aliphatic rings. The lowest BCUT2D eigenvalue weighted by molar-refractivity contribution is 0.147. The van der Waals surface area contributed by atoms with Gasteiger partial charge in [-0.3, -0.25) is 10.0 Å². The summed E-state index contributed by atoms with van der Waals surface area (Å²) in [4.78, 5) is 11.7. The molecule has 2 aromatic carbocycles. The van der Waals surface area contributed by atoms with Gasteiger partial charge in [-0.05, 0) is 54.4 Å². The van der Waals surface area contributed by atoms with E-state index in [0.717, 1.165) is 4.47 Å². The van der Waals surface area contributed by atoms with E-state index in [9.17, 15) is 13.2 Å². The first-order valence-electron chi connectivity index (χ1n) is 7.58. The molecule has 1 amide bonds. The van der Waals surface area contributed by atoms with Gasteiger partial charge in [0.15, 0.2) is 0 Å². The molecule has 134 valence electrons. The number of amides is 1. The standard InChI is InChI=1S/C17H19BrN2O4S/c1-12(2)11-24-17(21)19-14-7-9-16(10-8-14)25(22,23)20-15-5-3-13(18)4-6-15/h3-10,12,20H,11H2,1-2H3,(H,19,21). The molecular formula is C17H19BrN2O4S. The van der Waals surface area contributed by atoms with Crippen LogP contribution in [-0.2, 0) is 14.8 Å². The Labute approximate surface area is 155 Å². The zero-order valence-corrected chi connectivity index (χ0v) is 16.2. The minimum atomic E-state index is -3.70. The molecule has 0 saturated heterocycles. The number of hydrogen-bond donors (Lipinski definition) is 2. The summed E-state index contributed by atoms with van der Waals surface area (Å²) < 4.78 is 33.1. The average molecular weight is 427 g/mol. The summed E-state index contributed by atoms with van der Waals surface area (Å²) in [6.07, 6.45) is -0.572. The van der Waals surface area contributed by atoms with E-state index in [1.165, 1.54) is 24.3 Å². The molecule has 0 aliphatic heterocycles. The van der Waals surface area contributed by atoms with Gasteiger partial charge in [0.2, 0.25) is 0 Å². The zero-order chi connectivity index (χ0) is 18.4. The molecule has 0 fully saturated rings. The normalized spacial score (nSPS) is 11.2. The Morgan fingerprint density at radius 3 is 2.16 bits per heavy atom. The molecule has 0 saturated carbocycles. The maximum atomic E-state index is 12.4. The largest absolute Gasteiger partial charge is 0.449 e. The molecule has 25 heavy (non-hydrogen) atoms. The van der Waals surface area contributed by atoms with Gasteiger partial charge in [-0.1, -0.05) is 29.8 Å². The molecule has 0 atom stereocenters. The number of sulfonamides is 1. The van der Waals surface area contributed by atoms with Crippen LogP contribution in [-0.4, -0.2) is 21.1 Å². The number of carbonyl (C=O) groups excluding carboxylic acids is 1. The molecule has 8 heteroatoms. The second-order valence-electron chi connectivity index (χ2n) is 5.75. The summed E-state index contributed by atoms with van der Waals surface area (Å²) in [5.74, 6) is 0.239. The molecule has 0 aromatic heterocycles. The van der Waals surface area contributed by atoms with Crippen LogP contribution in [0.25, 0.3) is 0 Å². The van der Waals surface area contributed by atoms with Gasteiger partial charge in [-0.2, -0.15) is 0 Å². The predicted molar refractivity (Wildman–Crippen MR) is 101 cm³/mol. The Hall–Kier alpha value is -2.06. The minimum Gasteiger partial charge on any atom is -0.449 e. The lowest BCUT2D eigenvalue weighted by Gasteiger charge is -2.10. The second-order valence-corrected chi connectivity index (χ2v) is 8.35. The van der Waals surface area contributed by atoms with Crippen LogP contribution in [0, 0.1) is 5.92 Å². The summed E-state index contributed by atoms with van der Waals surface area (Å²) in [6.45, 7) is 4.19. The van der Waals surface area contributed by atoms with E-state index in [1.54, 1.807) is 24.3 Å². The van der Waals surface area contributed by atoms with Crippen molar-refractivity contribution in [2.75, 3.05) is 16.6 Å². The van der Waals surface area contributed by atoms with Crippen molar-refractivity contribution in [2.45, 2.75) is 18.7 Å². The molecule has 2 aromatic rings. The SMILES string of the molecule is CC(C)COC(=O)Nc1ccc(S(=O)(=O)Nc2ccc(Br)cc2)cc1. The lowest BCUT2D eigenvalue weighted by atomic mass is 10.2. The highest BCUT2D eigenvalue weighted by molar-refractivity contribution is 9.10. The van der Waals surface area contributed by atoms with Gasteiger partial charge in [0.1, 0.15) is 0 Å². The minimum absolute atomic E-state index is 0.0940. The van der Waals surface area contributed by atoms with Gasteiger partial charge >= 0.3 is 6.09 Å². The number of anilines is 2. The first kappa shape index (κ1) is 19.3. The fraction of sp³-hybridized carbons (Fsp3) is 0.235. The van der Waals surface area contributed by atoms with E-state index in [-0.39, 0.29) is 10.8 Å². The molecule has 2 rings (SSSR count). The number of rotatable bonds is 6. The summed E-state index contributed by atoms with van der Waals surface area (Å²) in [5, 5.41) is 2.55. The van der Waals surface area contributed by atoms with E-state index >= 15 is 0 Å². The molecule has 0 spiro atoms. The third kappa shape index (κ3) is 6.06. The van der Waals surface area contributed by atoms with Gasteiger partial charge in [-0.25, -0.2) is 13.2 Å². The first-order valence-corrected chi connectivity index (χ1v) is 9.86. The highest BCUT2D eigenvalue weighted by Gasteiger charge is 2.14. The van der Waals surface area contributed by atoms with E-state index in [0.29, 0.717) is 18.0 Å². The first-order chi connectivity index (χ1) is 11.8. The van der Waals surface area contributed by atoms with Crippen molar-refractivity contribution in [3.63, 3.8) is 0 Å². The summed E-state index contributed by atoms with van der Waals surface area (Å²) >= 11 is 3.29. The molecule has 2 N–H and O–H groups in total. The summed E-state index contributed by atoms with van der Waals surface area (Å²) in [5.41, 5.74) is 0.916. The second kappa shape index (κ2) is 8.35. The number of ether oxygens (including phenoxy) is 1. The Morgan fingerprint density at radius 2 is 1.60 bits per heavy atom. The third-order valence-corrected chi connectivity index (χ3v) is 4.98. The van der Waals surface area contributed by atoms with Gasteiger partial charge in [0, 0.05) is 15.8 Å². The quantitative estimate of drug-likeness (QED) is 0.713. The van der Waals surface area contributed by atoms with Crippen molar-refractivity contribution in [3.8, 4) is 0 Å². The molecule has 0 radical (unpaired) electrons. The third-order valence-electron chi connectivity index (χ3n) is 3.06. The van der Waals surface area contributed by atoms with Crippen LogP contribution in [0.1, 0.15) is 13.8 Å². The number of nitrogens with one attached hydrogen (secondary N) is 2. The van der Waals surface area contributed by atoms with Crippen LogP contribution in [0.15, 0.2) is 57.9 Å². The molecule has 0 heterocycles. The van der Waals surface area contributed by atoms with Crippen molar-refractivity contribution in [2.24, 2.45) is 5.92 Å². The smallest absolute Gasteiger partial charge is 0.411 e. The molecular weight excluding hydrogens is 408 g/mol. The van der Waals surface area contributed by atoms with Crippen molar-refractivity contribution in [3.05, 3.63) is 53.0 Å². The van der Waals surface area contributed by atoms with Gasteiger partial charge in [0.25, 0.3) is 10.0 Å². The van der Waals surface area contributed by atoms with Crippen LogP contribution < -0.4 is 10.0 Å². The number of benzene rings is 2. The van der Waals surface area contributed by atoms with E-state index in [4.69, 9.17) is 4.74 Å². The van der Waals surface area contributed by atoms with Crippen LogP contribution in [0.5, 0.6) is 0 Å². The maximum Gasteiger partial charge on any atom is 0.411 e. The molecule has 0 aliphatic carbocycles. The van der Waals surface area contributed by atoms with Crippen molar-refractivity contribution >= 4 is 43.4 Å². The topological polar surface area (TPSA) is 84.5 Å².